The first kappa shape index (κ1) is 13.0. The first-order valence-corrected chi connectivity index (χ1v) is 6.17. The maximum absolute atomic E-state index is 3.88. The third-order valence-electron chi connectivity index (χ3n) is 2.77. The lowest BCUT2D eigenvalue weighted by Gasteiger charge is -2.14. The molecule has 1 atom stereocenters. The minimum absolute atomic E-state index is 0.445. The molecule has 16 heavy (non-hydrogen) atoms. The maximum Gasteiger partial charge on any atom is 0.0250 e. The predicted octanol–water partition coefficient (Wildman–Crippen LogP) is 3.48. The van der Waals surface area contributed by atoms with E-state index in [-0.39, 0.29) is 0 Å². The summed E-state index contributed by atoms with van der Waals surface area (Å²) in [5.41, 5.74) is 2.76. The molecule has 0 spiro atoms. The van der Waals surface area contributed by atoms with Crippen molar-refractivity contribution < 1.29 is 0 Å². The summed E-state index contributed by atoms with van der Waals surface area (Å²) in [6.07, 6.45) is 5.45. The van der Waals surface area contributed by atoms with Crippen molar-refractivity contribution in [2.24, 2.45) is 0 Å². The molecule has 1 unspecified atom stereocenters. The highest BCUT2D eigenvalue weighted by Crippen LogP contribution is 2.08. The molecule has 0 fully saturated rings. The molecule has 1 aromatic carbocycles. The third kappa shape index (κ3) is 4.63. The van der Waals surface area contributed by atoms with E-state index in [9.17, 15) is 0 Å². The number of benzene rings is 1. The Morgan fingerprint density at radius 1 is 1.44 bits per heavy atom. The first-order chi connectivity index (χ1) is 7.76. The summed E-state index contributed by atoms with van der Waals surface area (Å²) >= 11 is 0. The summed E-state index contributed by atoms with van der Waals surface area (Å²) in [7, 11) is 0. The molecule has 0 aliphatic heterocycles. The predicted molar refractivity (Wildman–Crippen MR) is 71.8 cm³/mol. The van der Waals surface area contributed by atoms with E-state index in [0.717, 1.165) is 19.4 Å². The van der Waals surface area contributed by atoms with E-state index in [0.29, 0.717) is 6.04 Å². The Balaban J connectivity index is 2.40. The van der Waals surface area contributed by atoms with Crippen LogP contribution in [0.3, 0.4) is 0 Å². The molecule has 88 valence electrons. The molecule has 1 nitrogen and oxygen atoms in total. The Morgan fingerprint density at radius 3 is 2.88 bits per heavy atom. The van der Waals surface area contributed by atoms with Crippen LogP contribution in [-0.4, -0.2) is 12.6 Å². The van der Waals surface area contributed by atoms with Crippen LogP contribution >= 0.6 is 0 Å². The average Bonchev–Trinajstić information content (AvgIpc) is 2.29. The van der Waals surface area contributed by atoms with Crippen molar-refractivity contribution in [1.29, 1.82) is 0 Å². The molecule has 0 aromatic heterocycles. The quantitative estimate of drug-likeness (QED) is 0.689. The lowest BCUT2D eigenvalue weighted by atomic mass is 10.0. The van der Waals surface area contributed by atoms with Gasteiger partial charge in [0.05, 0.1) is 0 Å². The minimum Gasteiger partial charge on any atom is -0.311 e. The van der Waals surface area contributed by atoms with Gasteiger partial charge >= 0.3 is 0 Å². The molecule has 0 radical (unpaired) electrons. The number of hydrogen-bond donors (Lipinski definition) is 1. The molecule has 0 aliphatic rings. The first-order valence-electron chi connectivity index (χ1n) is 6.17. The molecule has 0 saturated carbocycles. The van der Waals surface area contributed by atoms with Crippen LogP contribution in [0.1, 0.15) is 30.9 Å². The molecular formula is C15H23N. The smallest absolute Gasteiger partial charge is 0.0250 e. The van der Waals surface area contributed by atoms with E-state index < -0.39 is 0 Å². The minimum atomic E-state index is 0.445. The second kappa shape index (κ2) is 7.24. The van der Waals surface area contributed by atoms with E-state index in [1.165, 1.54) is 17.5 Å². The van der Waals surface area contributed by atoms with Crippen LogP contribution in [0.4, 0.5) is 0 Å². The van der Waals surface area contributed by atoms with Crippen LogP contribution in [0.15, 0.2) is 36.9 Å². The van der Waals surface area contributed by atoms with Gasteiger partial charge < -0.3 is 5.32 Å². The Morgan fingerprint density at radius 2 is 2.25 bits per heavy atom. The number of rotatable bonds is 7. The van der Waals surface area contributed by atoms with Crippen LogP contribution in [-0.2, 0) is 6.42 Å². The molecule has 1 heteroatoms. The standard InChI is InChI=1S/C15H23N/c1-4-11-16-15(5-2)10-9-14-8-6-7-13(3)12-14/h5-8,12,15-16H,2,4,9-11H2,1,3H3. The Kier molecular flexibility index (Phi) is 5.87. The number of hydrogen-bond acceptors (Lipinski definition) is 1. The largest absolute Gasteiger partial charge is 0.311 e. The summed E-state index contributed by atoms with van der Waals surface area (Å²) in [6, 6.07) is 9.18. The Hall–Kier alpha value is -1.08. The lowest BCUT2D eigenvalue weighted by Crippen LogP contribution is -2.28. The van der Waals surface area contributed by atoms with Gasteiger partial charge in [-0.05, 0) is 38.3 Å². The molecule has 1 rings (SSSR count). The van der Waals surface area contributed by atoms with Crippen molar-refractivity contribution in [3.63, 3.8) is 0 Å². The number of aryl methyl sites for hydroxylation is 2. The van der Waals surface area contributed by atoms with E-state index >= 15 is 0 Å². The average molecular weight is 217 g/mol. The highest BCUT2D eigenvalue weighted by atomic mass is 14.9. The Labute approximate surface area is 99.6 Å². The monoisotopic (exact) mass is 217 g/mol. The fraction of sp³-hybridized carbons (Fsp3) is 0.467. The van der Waals surface area contributed by atoms with Gasteiger partial charge in [-0.25, -0.2) is 0 Å². The van der Waals surface area contributed by atoms with Crippen molar-refractivity contribution in [2.75, 3.05) is 6.54 Å². The van der Waals surface area contributed by atoms with Gasteiger partial charge in [0.1, 0.15) is 0 Å². The molecule has 0 amide bonds. The van der Waals surface area contributed by atoms with Crippen LogP contribution in [0, 0.1) is 6.92 Å². The van der Waals surface area contributed by atoms with Gasteiger partial charge in [-0.2, -0.15) is 0 Å². The van der Waals surface area contributed by atoms with Crippen LogP contribution in [0.25, 0.3) is 0 Å². The lowest BCUT2D eigenvalue weighted by molar-refractivity contribution is 0.554. The fourth-order valence-electron chi connectivity index (χ4n) is 1.82. The highest BCUT2D eigenvalue weighted by Gasteiger charge is 2.03. The molecule has 0 bridgehead atoms. The van der Waals surface area contributed by atoms with Crippen molar-refractivity contribution in [1.82, 2.24) is 5.32 Å². The zero-order valence-electron chi connectivity index (χ0n) is 10.5. The van der Waals surface area contributed by atoms with Gasteiger partial charge in [-0.1, -0.05) is 42.8 Å². The zero-order valence-corrected chi connectivity index (χ0v) is 10.5. The summed E-state index contributed by atoms with van der Waals surface area (Å²) in [5, 5.41) is 3.49. The van der Waals surface area contributed by atoms with E-state index in [1.807, 2.05) is 6.08 Å². The van der Waals surface area contributed by atoms with Crippen molar-refractivity contribution in [3.05, 3.63) is 48.0 Å². The van der Waals surface area contributed by atoms with E-state index in [2.05, 4.69) is 50.0 Å². The molecule has 0 heterocycles. The summed E-state index contributed by atoms with van der Waals surface area (Å²) in [5.74, 6) is 0. The summed E-state index contributed by atoms with van der Waals surface area (Å²) in [6.45, 7) is 9.29. The fourth-order valence-corrected chi connectivity index (χ4v) is 1.82. The molecule has 0 aliphatic carbocycles. The highest BCUT2D eigenvalue weighted by molar-refractivity contribution is 5.22. The topological polar surface area (TPSA) is 12.0 Å². The normalized spacial score (nSPS) is 12.4. The van der Waals surface area contributed by atoms with Crippen LogP contribution in [0.5, 0.6) is 0 Å². The van der Waals surface area contributed by atoms with Crippen molar-refractivity contribution >= 4 is 0 Å². The summed E-state index contributed by atoms with van der Waals surface area (Å²) in [4.78, 5) is 0. The second-order valence-corrected chi connectivity index (χ2v) is 4.32. The van der Waals surface area contributed by atoms with Gasteiger partial charge in [-0.3, -0.25) is 0 Å². The van der Waals surface area contributed by atoms with E-state index in [4.69, 9.17) is 0 Å². The third-order valence-corrected chi connectivity index (χ3v) is 2.77. The van der Waals surface area contributed by atoms with Gasteiger partial charge in [0.25, 0.3) is 0 Å². The van der Waals surface area contributed by atoms with E-state index in [1.54, 1.807) is 0 Å². The van der Waals surface area contributed by atoms with Gasteiger partial charge in [0.2, 0.25) is 0 Å². The van der Waals surface area contributed by atoms with Gasteiger partial charge in [0, 0.05) is 6.04 Å². The van der Waals surface area contributed by atoms with Gasteiger partial charge in [0.15, 0.2) is 0 Å². The van der Waals surface area contributed by atoms with Gasteiger partial charge in [-0.15, -0.1) is 6.58 Å². The van der Waals surface area contributed by atoms with Crippen LogP contribution < -0.4 is 5.32 Å². The van der Waals surface area contributed by atoms with Crippen molar-refractivity contribution in [2.45, 2.75) is 39.2 Å². The molecule has 1 N–H and O–H groups in total. The number of nitrogens with one attached hydrogen (secondary N) is 1. The summed E-state index contributed by atoms with van der Waals surface area (Å²) < 4.78 is 0. The molecule has 1 aromatic rings. The van der Waals surface area contributed by atoms with Crippen molar-refractivity contribution in [3.8, 4) is 0 Å². The maximum atomic E-state index is 3.88. The molecular weight excluding hydrogens is 194 g/mol. The SMILES string of the molecule is C=CC(CCc1cccc(C)c1)NCCC. The second-order valence-electron chi connectivity index (χ2n) is 4.32. The Bertz CT molecular complexity index is 317. The van der Waals surface area contributed by atoms with Crippen LogP contribution in [0.2, 0.25) is 0 Å². The molecule has 0 saturated heterocycles. The zero-order chi connectivity index (χ0) is 11.8.